The van der Waals surface area contributed by atoms with Gasteiger partial charge in [0.25, 0.3) is 0 Å². The molecule has 1 aromatic carbocycles. The van der Waals surface area contributed by atoms with Crippen LogP contribution in [0.2, 0.25) is 0 Å². The van der Waals surface area contributed by atoms with E-state index in [2.05, 4.69) is 12.2 Å². The van der Waals surface area contributed by atoms with Gasteiger partial charge in [-0.05, 0) is 30.7 Å². The van der Waals surface area contributed by atoms with Gasteiger partial charge in [0.05, 0.1) is 12.1 Å². The minimum Gasteiger partial charge on any atom is -0.493 e. The molecule has 0 amide bonds. The first kappa shape index (κ1) is 16.2. The monoisotopic (exact) mass is 303 g/mol. The molecule has 0 radical (unpaired) electrons. The Morgan fingerprint density at radius 2 is 2.16 bits per heavy atom. The van der Waals surface area contributed by atoms with Crippen LogP contribution in [0.5, 0.6) is 11.5 Å². The molecule has 0 unspecified atom stereocenters. The second-order valence-electron chi connectivity index (χ2n) is 4.01. The van der Waals surface area contributed by atoms with E-state index in [1.807, 2.05) is 18.2 Å². The lowest BCUT2D eigenvalue weighted by molar-refractivity contribution is 0.323. The average molecular weight is 304 g/mol. The van der Waals surface area contributed by atoms with Crippen LogP contribution in [-0.4, -0.2) is 20.3 Å². The zero-order valence-electron chi connectivity index (χ0n) is 11.2. The highest BCUT2D eigenvalue weighted by Gasteiger charge is 2.06. The maximum absolute atomic E-state index is 5.80. The van der Waals surface area contributed by atoms with Gasteiger partial charge in [-0.15, -0.1) is 0 Å². The van der Waals surface area contributed by atoms with E-state index >= 15 is 0 Å². The Kier molecular flexibility index (Phi) is 7.72. The predicted octanol–water partition coefficient (Wildman–Crippen LogP) is 3.89. The molecule has 3 nitrogen and oxygen atoms in total. The molecular weight excluding hydrogens is 285 g/mol. The normalized spacial score (nSPS) is 11.5. The maximum atomic E-state index is 5.80. The summed E-state index contributed by atoms with van der Waals surface area (Å²) in [5, 5.41) is 3.78. The van der Waals surface area contributed by atoms with Crippen LogP contribution in [0.4, 0.5) is 0 Å². The van der Waals surface area contributed by atoms with Crippen molar-refractivity contribution < 1.29 is 9.47 Å². The minimum absolute atomic E-state index is 0.229. The van der Waals surface area contributed by atoms with Crippen LogP contribution in [0.25, 0.3) is 0 Å². The SMILES string of the molecule is CCCNCc1ccc(OC)c(OCC(Cl)=CCl)c1. The molecule has 5 heteroatoms. The van der Waals surface area contributed by atoms with Crippen LogP contribution in [0.1, 0.15) is 18.9 Å². The van der Waals surface area contributed by atoms with Crippen molar-refractivity contribution >= 4 is 23.2 Å². The van der Waals surface area contributed by atoms with Crippen molar-refractivity contribution in [2.75, 3.05) is 20.3 Å². The van der Waals surface area contributed by atoms with Crippen molar-refractivity contribution in [2.24, 2.45) is 0 Å². The van der Waals surface area contributed by atoms with Gasteiger partial charge in [0.2, 0.25) is 0 Å². The molecule has 0 bridgehead atoms. The van der Waals surface area contributed by atoms with Crippen molar-refractivity contribution in [2.45, 2.75) is 19.9 Å². The first-order chi connectivity index (χ1) is 9.21. The van der Waals surface area contributed by atoms with Gasteiger partial charge in [-0.1, -0.05) is 36.2 Å². The summed E-state index contributed by atoms with van der Waals surface area (Å²) in [5.74, 6) is 1.34. The third-order valence-electron chi connectivity index (χ3n) is 2.47. The topological polar surface area (TPSA) is 30.5 Å². The van der Waals surface area contributed by atoms with Gasteiger partial charge in [-0.25, -0.2) is 0 Å². The molecule has 0 spiro atoms. The Morgan fingerprint density at radius 3 is 2.79 bits per heavy atom. The van der Waals surface area contributed by atoms with Crippen molar-refractivity contribution in [3.63, 3.8) is 0 Å². The van der Waals surface area contributed by atoms with E-state index in [0.29, 0.717) is 16.5 Å². The van der Waals surface area contributed by atoms with E-state index < -0.39 is 0 Å². The molecule has 1 N–H and O–H groups in total. The summed E-state index contributed by atoms with van der Waals surface area (Å²) in [6.07, 6.45) is 1.11. The molecule has 1 aromatic rings. The van der Waals surface area contributed by atoms with Gasteiger partial charge < -0.3 is 14.8 Å². The van der Waals surface area contributed by atoms with Crippen LogP contribution in [-0.2, 0) is 6.54 Å². The Labute approximate surface area is 124 Å². The van der Waals surface area contributed by atoms with Crippen molar-refractivity contribution in [1.82, 2.24) is 5.32 Å². The Bertz CT molecular complexity index is 422. The lowest BCUT2D eigenvalue weighted by Gasteiger charge is -2.12. The number of methoxy groups -OCH3 is 1. The minimum atomic E-state index is 0.229. The van der Waals surface area contributed by atoms with Crippen molar-refractivity contribution in [1.29, 1.82) is 0 Å². The average Bonchev–Trinajstić information content (AvgIpc) is 2.45. The van der Waals surface area contributed by atoms with Gasteiger partial charge >= 0.3 is 0 Å². The molecule has 0 fully saturated rings. The number of ether oxygens (including phenoxy) is 2. The molecule has 0 atom stereocenters. The third kappa shape index (κ3) is 5.72. The van der Waals surface area contributed by atoms with Gasteiger partial charge in [-0.2, -0.15) is 0 Å². The van der Waals surface area contributed by atoms with Crippen molar-refractivity contribution in [3.05, 3.63) is 34.3 Å². The molecule has 0 aliphatic heterocycles. The summed E-state index contributed by atoms with van der Waals surface area (Å²) in [4.78, 5) is 0. The second kappa shape index (κ2) is 9.08. The quantitative estimate of drug-likeness (QED) is 0.739. The van der Waals surface area contributed by atoms with E-state index in [-0.39, 0.29) is 6.61 Å². The Hall–Kier alpha value is -0.900. The van der Waals surface area contributed by atoms with E-state index in [1.165, 1.54) is 5.54 Å². The van der Waals surface area contributed by atoms with E-state index in [9.17, 15) is 0 Å². The molecule has 0 heterocycles. The molecule has 0 aromatic heterocycles. The van der Waals surface area contributed by atoms with Gasteiger partial charge in [0.15, 0.2) is 11.5 Å². The van der Waals surface area contributed by atoms with Gasteiger partial charge in [0, 0.05) is 12.1 Å². The molecule has 106 valence electrons. The summed E-state index contributed by atoms with van der Waals surface area (Å²) < 4.78 is 10.8. The molecule has 19 heavy (non-hydrogen) atoms. The Morgan fingerprint density at radius 1 is 1.37 bits per heavy atom. The summed E-state index contributed by atoms with van der Waals surface area (Å²) in [6, 6.07) is 5.84. The predicted molar refractivity (Wildman–Crippen MR) is 80.3 cm³/mol. The third-order valence-corrected chi connectivity index (χ3v) is 3.06. The highest BCUT2D eigenvalue weighted by molar-refractivity contribution is 6.36. The van der Waals surface area contributed by atoms with E-state index in [0.717, 1.165) is 25.1 Å². The second-order valence-corrected chi connectivity index (χ2v) is 4.71. The van der Waals surface area contributed by atoms with Crippen LogP contribution in [0.15, 0.2) is 28.8 Å². The lowest BCUT2D eigenvalue weighted by Crippen LogP contribution is -2.13. The van der Waals surface area contributed by atoms with Gasteiger partial charge in [-0.3, -0.25) is 0 Å². The van der Waals surface area contributed by atoms with Crippen LogP contribution < -0.4 is 14.8 Å². The largest absolute Gasteiger partial charge is 0.493 e. The van der Waals surface area contributed by atoms with E-state index in [1.54, 1.807) is 7.11 Å². The molecule has 0 saturated heterocycles. The molecule has 0 aliphatic carbocycles. The first-order valence-electron chi connectivity index (χ1n) is 6.16. The summed E-state index contributed by atoms with van der Waals surface area (Å²) in [5.41, 5.74) is 2.43. The first-order valence-corrected chi connectivity index (χ1v) is 6.97. The highest BCUT2D eigenvalue weighted by atomic mass is 35.5. The fraction of sp³-hybridized carbons (Fsp3) is 0.429. The fourth-order valence-electron chi connectivity index (χ4n) is 1.53. The zero-order valence-corrected chi connectivity index (χ0v) is 12.7. The molecule has 1 rings (SSSR count). The molecular formula is C14H19Cl2NO2. The number of benzene rings is 1. The van der Waals surface area contributed by atoms with Crippen molar-refractivity contribution in [3.8, 4) is 11.5 Å². The molecule has 0 aliphatic rings. The van der Waals surface area contributed by atoms with Crippen LogP contribution in [0, 0.1) is 0 Å². The Balaban J connectivity index is 2.72. The summed E-state index contributed by atoms with van der Waals surface area (Å²) >= 11 is 11.3. The number of hydrogen-bond donors (Lipinski definition) is 1. The highest BCUT2D eigenvalue weighted by Crippen LogP contribution is 2.28. The van der Waals surface area contributed by atoms with Gasteiger partial charge in [0.1, 0.15) is 6.61 Å². The summed E-state index contributed by atoms with van der Waals surface area (Å²) in [7, 11) is 1.61. The lowest BCUT2D eigenvalue weighted by atomic mass is 10.2. The smallest absolute Gasteiger partial charge is 0.162 e. The van der Waals surface area contributed by atoms with E-state index in [4.69, 9.17) is 32.7 Å². The maximum Gasteiger partial charge on any atom is 0.162 e. The number of halogens is 2. The van der Waals surface area contributed by atoms with Crippen LogP contribution in [0.3, 0.4) is 0 Å². The standard InChI is InChI=1S/C14H19Cl2NO2/c1-3-6-17-9-11-4-5-13(18-2)14(7-11)19-10-12(16)8-15/h4-5,7-8,17H,3,6,9-10H2,1-2H3. The fourth-order valence-corrected chi connectivity index (χ4v) is 1.65. The molecule has 0 saturated carbocycles. The number of rotatable bonds is 8. The zero-order chi connectivity index (χ0) is 14.1. The van der Waals surface area contributed by atoms with Crippen LogP contribution >= 0.6 is 23.2 Å². The number of hydrogen-bond acceptors (Lipinski definition) is 3. The summed E-state index contributed by atoms with van der Waals surface area (Å²) in [6.45, 7) is 4.15. The number of nitrogens with one attached hydrogen (secondary N) is 1.